The molecule has 0 atom stereocenters. The topological polar surface area (TPSA) is 237 Å². The number of carboxylic acids is 1. The Labute approximate surface area is 326 Å². The number of nitrogens with two attached hydrogens (primary N) is 2. The number of carboxylic acid groups (broad SMARTS) is 1. The fraction of sp³-hybridized carbons (Fsp3) is 0.171. The van der Waals surface area contributed by atoms with E-state index in [9.17, 15) is 19.2 Å². The van der Waals surface area contributed by atoms with Crippen LogP contribution in [0.15, 0.2) is 73.1 Å². The van der Waals surface area contributed by atoms with Gasteiger partial charge in [-0.1, -0.05) is 0 Å². The number of methoxy groups -OCH3 is 5. The molecule has 2 aromatic heterocycles. The first kappa shape index (κ1) is 40.6. The number of carbonyl (C=O) groups excluding carboxylic acids is 3. The molecule has 0 saturated carbocycles. The largest absolute Gasteiger partial charge is 0.493 e. The maximum Gasteiger partial charge on any atom is 0.337 e. The summed E-state index contributed by atoms with van der Waals surface area (Å²) in [6.07, 6.45) is 2.80. The second kappa shape index (κ2) is 17.2. The van der Waals surface area contributed by atoms with E-state index >= 15 is 0 Å². The lowest BCUT2D eigenvalue weighted by atomic mass is 10.1. The number of hydrogen-bond donors (Lipinski definition) is 5. The third kappa shape index (κ3) is 8.54. The summed E-state index contributed by atoms with van der Waals surface area (Å²) in [5, 5.41) is 16.8. The number of amides is 2. The van der Waals surface area contributed by atoms with E-state index in [-0.39, 0.29) is 16.7 Å². The van der Waals surface area contributed by atoms with E-state index in [0.29, 0.717) is 78.7 Å². The molecule has 0 aliphatic heterocycles. The number of carbonyl (C=O) groups is 4. The first-order chi connectivity index (χ1) is 27.2. The summed E-state index contributed by atoms with van der Waals surface area (Å²) in [7, 11) is 7.42. The highest BCUT2D eigenvalue weighted by molar-refractivity contribution is 6.09. The Bertz CT molecular complexity index is 2560. The number of benzene rings is 4. The Morgan fingerprint density at radius 1 is 0.579 bits per heavy atom. The minimum Gasteiger partial charge on any atom is -0.493 e. The lowest BCUT2D eigenvalue weighted by Crippen LogP contribution is -2.14. The van der Waals surface area contributed by atoms with Gasteiger partial charge in [-0.25, -0.2) is 9.59 Å². The maximum atomic E-state index is 12.0. The molecule has 16 nitrogen and oxygen atoms in total. The smallest absolute Gasteiger partial charge is 0.337 e. The summed E-state index contributed by atoms with van der Waals surface area (Å²) in [5.74, 6) is -0.732. The van der Waals surface area contributed by atoms with Crippen LogP contribution in [0.25, 0.3) is 21.8 Å². The van der Waals surface area contributed by atoms with E-state index in [0.717, 1.165) is 5.56 Å². The molecular formula is C41H40N6O10. The Morgan fingerprint density at radius 2 is 0.965 bits per heavy atom. The van der Waals surface area contributed by atoms with Crippen molar-refractivity contribution in [3.05, 3.63) is 106 Å². The van der Waals surface area contributed by atoms with Crippen LogP contribution in [0.1, 0.15) is 52.6 Å². The lowest BCUT2D eigenvalue weighted by molar-refractivity contribution is 0.0599. The molecule has 57 heavy (non-hydrogen) atoms. The predicted octanol–water partition coefficient (Wildman–Crippen LogP) is 6.29. The quantitative estimate of drug-likeness (QED) is 0.0859. The molecule has 0 spiro atoms. The molecule has 0 aliphatic carbocycles. The van der Waals surface area contributed by atoms with Crippen LogP contribution in [0, 0.1) is 13.8 Å². The summed E-state index contributed by atoms with van der Waals surface area (Å²) in [6.45, 7) is 3.61. The fourth-order valence-corrected chi connectivity index (χ4v) is 5.94. The number of hydrogen-bond acceptors (Lipinski definition) is 13. The first-order valence-corrected chi connectivity index (χ1v) is 17.0. The Morgan fingerprint density at radius 3 is 1.32 bits per heavy atom. The number of pyridine rings is 2. The summed E-state index contributed by atoms with van der Waals surface area (Å²) in [5.41, 5.74) is 17.0. The van der Waals surface area contributed by atoms with Gasteiger partial charge in [0.2, 0.25) is 0 Å². The van der Waals surface area contributed by atoms with Crippen LogP contribution < -0.4 is 41.0 Å². The van der Waals surface area contributed by atoms with Gasteiger partial charge in [0.1, 0.15) is 0 Å². The van der Waals surface area contributed by atoms with Gasteiger partial charge in [-0.2, -0.15) is 0 Å². The zero-order valence-electron chi connectivity index (χ0n) is 32.1. The molecule has 0 saturated heterocycles. The SMILES string of the molecule is COC(=O)c1ccc(Nc2c(C(N)=O)cnc3cc(OC)c(OC)cc23)c(C)c1.COc1cc2ncc(C(N)=O)c(Nc3ccc(C(=O)O)cc3C)c2cc1OC. The average Bonchev–Trinajstić information content (AvgIpc) is 3.20. The van der Waals surface area contributed by atoms with E-state index in [1.165, 1.54) is 54.0 Å². The number of esters is 1. The van der Waals surface area contributed by atoms with Crippen molar-refractivity contribution in [3.8, 4) is 23.0 Å². The van der Waals surface area contributed by atoms with Gasteiger partial charge in [-0.05, 0) is 73.5 Å². The standard InChI is InChI=1S/C21H21N3O5.C20H19N3O5/c1-11-7-12(21(26)29-4)5-6-15(11)24-19-13-8-17(27-2)18(28-3)9-16(13)23-10-14(19)20(22)25;1-10-6-11(20(25)26)4-5-14(10)23-18-12-7-16(27-2)17(28-3)8-15(12)22-9-13(18)19(21)24/h5-10H,1-4H3,(H2,22,25)(H,23,24);4-9H,1-3H3,(H2,21,24)(H,22,23)(H,25,26). The number of anilines is 4. The van der Waals surface area contributed by atoms with Crippen molar-refractivity contribution in [1.29, 1.82) is 0 Å². The van der Waals surface area contributed by atoms with Crippen molar-refractivity contribution in [2.24, 2.45) is 11.5 Å². The molecule has 0 bridgehead atoms. The molecule has 6 rings (SSSR count). The third-order valence-corrected chi connectivity index (χ3v) is 8.92. The molecule has 4 aromatic carbocycles. The van der Waals surface area contributed by atoms with Crippen LogP contribution >= 0.6 is 0 Å². The van der Waals surface area contributed by atoms with Crippen molar-refractivity contribution in [2.75, 3.05) is 46.2 Å². The molecule has 0 aliphatic rings. The molecule has 7 N–H and O–H groups in total. The molecule has 2 amide bonds. The third-order valence-electron chi connectivity index (χ3n) is 8.92. The average molecular weight is 777 g/mol. The number of nitrogens with zero attached hydrogens (tertiary/aromatic N) is 2. The van der Waals surface area contributed by atoms with Crippen molar-refractivity contribution < 1.29 is 48.0 Å². The van der Waals surface area contributed by atoms with Crippen LogP contribution in [-0.4, -0.2) is 74.4 Å². The van der Waals surface area contributed by atoms with E-state index in [4.69, 9.17) is 40.3 Å². The molecule has 6 aromatic rings. The van der Waals surface area contributed by atoms with Gasteiger partial charge in [-0.15, -0.1) is 0 Å². The number of fused-ring (bicyclic) bond motifs is 2. The number of aromatic nitrogens is 2. The maximum absolute atomic E-state index is 12.0. The highest BCUT2D eigenvalue weighted by Gasteiger charge is 2.20. The number of ether oxygens (including phenoxy) is 5. The Kier molecular flexibility index (Phi) is 12.3. The zero-order valence-corrected chi connectivity index (χ0v) is 32.1. The second-order valence-electron chi connectivity index (χ2n) is 12.4. The Balaban J connectivity index is 0.000000218. The van der Waals surface area contributed by atoms with Crippen LogP contribution in [0.2, 0.25) is 0 Å². The first-order valence-electron chi connectivity index (χ1n) is 17.0. The molecule has 294 valence electrons. The van der Waals surface area contributed by atoms with Crippen LogP contribution in [-0.2, 0) is 4.74 Å². The molecule has 2 heterocycles. The van der Waals surface area contributed by atoms with Gasteiger partial charge in [0, 0.05) is 46.7 Å². The zero-order chi connectivity index (χ0) is 41.6. The fourth-order valence-electron chi connectivity index (χ4n) is 5.94. The molecular weight excluding hydrogens is 736 g/mol. The predicted molar refractivity (Wildman–Crippen MR) is 214 cm³/mol. The second-order valence-corrected chi connectivity index (χ2v) is 12.4. The van der Waals surface area contributed by atoms with Gasteiger partial charge in [-0.3, -0.25) is 19.6 Å². The van der Waals surface area contributed by atoms with Crippen molar-refractivity contribution in [1.82, 2.24) is 9.97 Å². The van der Waals surface area contributed by atoms with Crippen molar-refractivity contribution in [3.63, 3.8) is 0 Å². The number of nitrogens with one attached hydrogen (secondary N) is 2. The molecule has 0 fully saturated rings. The van der Waals surface area contributed by atoms with Gasteiger partial charge < -0.3 is 50.9 Å². The van der Waals surface area contributed by atoms with Crippen molar-refractivity contribution >= 4 is 68.3 Å². The van der Waals surface area contributed by atoms with Gasteiger partial charge in [0.05, 0.1) is 80.2 Å². The van der Waals surface area contributed by atoms with Crippen LogP contribution in [0.4, 0.5) is 22.7 Å². The molecule has 16 heteroatoms. The minimum absolute atomic E-state index is 0.171. The van der Waals surface area contributed by atoms with Crippen molar-refractivity contribution in [2.45, 2.75) is 13.8 Å². The van der Waals surface area contributed by atoms with E-state index in [1.807, 2.05) is 6.92 Å². The number of primary amides is 2. The summed E-state index contributed by atoms with van der Waals surface area (Å²) in [6, 6.07) is 16.6. The van der Waals surface area contributed by atoms with Gasteiger partial charge in [0.15, 0.2) is 23.0 Å². The normalized spacial score (nSPS) is 10.5. The molecule has 0 unspecified atom stereocenters. The molecule has 0 radical (unpaired) electrons. The van der Waals surface area contributed by atoms with Crippen LogP contribution in [0.3, 0.4) is 0 Å². The Hall–Kier alpha value is -7.62. The lowest BCUT2D eigenvalue weighted by Gasteiger charge is -2.17. The number of aryl methyl sites for hydroxylation is 2. The monoisotopic (exact) mass is 776 g/mol. The van der Waals surface area contributed by atoms with Crippen LogP contribution in [0.5, 0.6) is 23.0 Å². The van der Waals surface area contributed by atoms with E-state index in [1.54, 1.807) is 61.5 Å². The van der Waals surface area contributed by atoms with E-state index < -0.39 is 23.8 Å². The highest BCUT2D eigenvalue weighted by Crippen LogP contribution is 2.39. The highest BCUT2D eigenvalue weighted by atomic mass is 16.5. The number of aromatic carboxylic acids is 1. The van der Waals surface area contributed by atoms with Gasteiger partial charge >= 0.3 is 11.9 Å². The van der Waals surface area contributed by atoms with E-state index in [2.05, 4.69) is 20.6 Å². The van der Waals surface area contributed by atoms with Gasteiger partial charge in [0.25, 0.3) is 11.8 Å². The summed E-state index contributed by atoms with van der Waals surface area (Å²) in [4.78, 5) is 55.5. The summed E-state index contributed by atoms with van der Waals surface area (Å²) >= 11 is 0. The minimum atomic E-state index is -1.02. The number of rotatable bonds is 12. The summed E-state index contributed by atoms with van der Waals surface area (Å²) < 4.78 is 26.1.